The molecule has 1 aromatic rings. The van der Waals surface area contributed by atoms with Gasteiger partial charge >= 0.3 is 5.69 Å². The summed E-state index contributed by atoms with van der Waals surface area (Å²) in [7, 11) is 0. The van der Waals surface area contributed by atoms with Crippen LogP contribution >= 0.6 is 28.3 Å². The number of benzene rings is 1. The molecular weight excluding hydrogens is 325 g/mol. The van der Waals surface area contributed by atoms with Gasteiger partial charge in [0.25, 0.3) is 0 Å². The number of hydrogen-bond acceptors (Lipinski definition) is 5. The lowest BCUT2D eigenvalue weighted by atomic mass is 10.0. The van der Waals surface area contributed by atoms with Crippen LogP contribution in [0.3, 0.4) is 0 Å². The van der Waals surface area contributed by atoms with Crippen molar-refractivity contribution in [3.8, 4) is 5.75 Å². The van der Waals surface area contributed by atoms with E-state index in [1.807, 2.05) is 0 Å². The largest absolute Gasteiger partial charge is 0.502 e. The minimum atomic E-state index is -0.583. The highest BCUT2D eigenvalue weighted by Crippen LogP contribution is 2.36. The van der Waals surface area contributed by atoms with E-state index in [1.54, 1.807) is 6.07 Å². The molecule has 100 valence electrons. The molecule has 3 N–H and O–H groups in total. The summed E-state index contributed by atoms with van der Waals surface area (Å²) in [6, 6.07) is 2.89. The van der Waals surface area contributed by atoms with E-state index in [4.69, 9.17) is 0 Å². The van der Waals surface area contributed by atoms with Crippen molar-refractivity contribution in [1.29, 1.82) is 0 Å². The molecule has 0 unspecified atom stereocenters. The Kier molecular flexibility index (Phi) is 5.33. The van der Waals surface area contributed by atoms with Gasteiger partial charge in [-0.25, -0.2) is 0 Å². The molecule has 1 aliphatic heterocycles. The molecule has 0 aromatic heterocycles. The third kappa shape index (κ3) is 3.11. The lowest BCUT2D eigenvalue weighted by Gasteiger charge is -2.25. The number of nitrogens with zero attached hydrogens (tertiary/aromatic N) is 1. The SMILES string of the molecule is Cl.O=[N+]([O-])c1cc(Br)cc([C@H]2CNCCN2)c1O. The molecule has 1 heterocycles. The Labute approximate surface area is 118 Å². The van der Waals surface area contributed by atoms with Crippen molar-refractivity contribution in [1.82, 2.24) is 10.6 Å². The van der Waals surface area contributed by atoms with Crippen LogP contribution in [0, 0.1) is 10.1 Å². The zero-order chi connectivity index (χ0) is 12.4. The molecule has 6 nitrogen and oxygen atoms in total. The fourth-order valence-electron chi connectivity index (χ4n) is 1.88. The van der Waals surface area contributed by atoms with Crippen molar-refractivity contribution in [3.63, 3.8) is 0 Å². The molecule has 0 radical (unpaired) electrons. The first-order valence-corrected chi connectivity index (χ1v) is 6.00. The molecule has 0 bridgehead atoms. The number of nitro benzene ring substituents is 1. The summed E-state index contributed by atoms with van der Waals surface area (Å²) in [6.45, 7) is 2.26. The molecule has 18 heavy (non-hydrogen) atoms. The van der Waals surface area contributed by atoms with Gasteiger partial charge in [0.1, 0.15) is 0 Å². The summed E-state index contributed by atoms with van der Waals surface area (Å²) < 4.78 is 0.587. The van der Waals surface area contributed by atoms with Crippen LogP contribution in [0.2, 0.25) is 0 Å². The number of halogens is 2. The second-order valence-electron chi connectivity index (χ2n) is 3.83. The van der Waals surface area contributed by atoms with Crippen molar-refractivity contribution >= 4 is 34.0 Å². The number of phenolic OH excluding ortho intramolecular Hbond substituents is 1. The van der Waals surface area contributed by atoms with Crippen LogP contribution in [0.5, 0.6) is 5.75 Å². The quantitative estimate of drug-likeness (QED) is 0.564. The first kappa shape index (κ1) is 15.2. The van der Waals surface area contributed by atoms with E-state index in [0.29, 0.717) is 16.6 Å². The monoisotopic (exact) mass is 337 g/mol. The molecule has 1 saturated heterocycles. The van der Waals surface area contributed by atoms with Gasteiger partial charge in [-0.3, -0.25) is 10.1 Å². The lowest BCUT2D eigenvalue weighted by Crippen LogP contribution is -2.42. The minimum Gasteiger partial charge on any atom is -0.502 e. The van der Waals surface area contributed by atoms with Crippen LogP contribution in [0.25, 0.3) is 0 Å². The molecule has 1 aromatic carbocycles. The molecule has 2 rings (SSSR count). The van der Waals surface area contributed by atoms with Crippen LogP contribution in [0.4, 0.5) is 5.69 Å². The summed E-state index contributed by atoms with van der Waals surface area (Å²) in [6.07, 6.45) is 0. The second-order valence-corrected chi connectivity index (χ2v) is 4.75. The maximum absolute atomic E-state index is 10.8. The van der Waals surface area contributed by atoms with Gasteiger partial charge in [-0.05, 0) is 6.07 Å². The molecule has 0 spiro atoms. The molecule has 8 heteroatoms. The standard InChI is InChI=1S/C10H12BrN3O3.ClH/c11-6-3-7(8-5-12-1-2-13-8)10(15)9(4-6)14(16)17;/h3-4,8,12-13,15H,1-2,5H2;1H/t8-;/m1./s1. The summed E-state index contributed by atoms with van der Waals surface area (Å²) in [5.74, 6) is -0.264. The van der Waals surface area contributed by atoms with Gasteiger partial charge in [-0.2, -0.15) is 0 Å². The minimum absolute atomic E-state index is 0. The van der Waals surface area contributed by atoms with Crippen LogP contribution in [0.15, 0.2) is 16.6 Å². The van der Waals surface area contributed by atoms with Crippen LogP contribution < -0.4 is 10.6 Å². The average molecular weight is 339 g/mol. The number of nitro groups is 1. The van der Waals surface area contributed by atoms with Crippen LogP contribution in [0.1, 0.15) is 11.6 Å². The number of rotatable bonds is 2. The van der Waals surface area contributed by atoms with Gasteiger partial charge in [0, 0.05) is 41.8 Å². The normalized spacial score (nSPS) is 19.1. The number of nitrogens with one attached hydrogen (secondary N) is 2. The predicted octanol–water partition coefficient (Wildman–Crippen LogP) is 1.72. The molecule has 0 amide bonds. The first-order chi connectivity index (χ1) is 8.09. The van der Waals surface area contributed by atoms with E-state index in [1.165, 1.54) is 6.07 Å². The Hall–Kier alpha value is -0.890. The lowest BCUT2D eigenvalue weighted by molar-refractivity contribution is -0.386. The van der Waals surface area contributed by atoms with Crippen molar-refractivity contribution in [2.24, 2.45) is 0 Å². The number of phenols is 1. The highest BCUT2D eigenvalue weighted by molar-refractivity contribution is 9.10. The number of piperazine rings is 1. The Balaban J connectivity index is 0.00000162. The van der Waals surface area contributed by atoms with E-state index in [-0.39, 0.29) is 29.9 Å². The van der Waals surface area contributed by atoms with Crippen LogP contribution in [-0.2, 0) is 0 Å². The fraction of sp³-hybridized carbons (Fsp3) is 0.400. The van der Waals surface area contributed by atoms with Gasteiger partial charge in [0.15, 0.2) is 5.75 Å². The summed E-state index contributed by atoms with van der Waals surface area (Å²) in [5.41, 5.74) is 0.264. The summed E-state index contributed by atoms with van der Waals surface area (Å²) in [5, 5.41) is 27.1. The number of aromatic hydroxyl groups is 1. The Morgan fingerprint density at radius 3 is 2.72 bits per heavy atom. The Morgan fingerprint density at radius 1 is 1.44 bits per heavy atom. The zero-order valence-corrected chi connectivity index (χ0v) is 11.8. The average Bonchev–Trinajstić information content (AvgIpc) is 2.32. The molecule has 1 aliphatic rings. The van der Waals surface area contributed by atoms with Crippen molar-refractivity contribution in [2.75, 3.05) is 19.6 Å². The van der Waals surface area contributed by atoms with E-state index in [9.17, 15) is 15.2 Å². The maximum atomic E-state index is 10.8. The highest BCUT2D eigenvalue weighted by Gasteiger charge is 2.24. The van der Waals surface area contributed by atoms with Crippen LogP contribution in [-0.4, -0.2) is 29.7 Å². The molecule has 1 atom stereocenters. The first-order valence-electron chi connectivity index (χ1n) is 5.20. The number of hydrogen-bond donors (Lipinski definition) is 3. The maximum Gasteiger partial charge on any atom is 0.312 e. The Morgan fingerprint density at radius 2 is 2.17 bits per heavy atom. The van der Waals surface area contributed by atoms with Crippen molar-refractivity contribution in [2.45, 2.75) is 6.04 Å². The smallest absolute Gasteiger partial charge is 0.312 e. The Bertz CT molecular complexity index is 452. The summed E-state index contributed by atoms with van der Waals surface area (Å²) >= 11 is 3.22. The van der Waals surface area contributed by atoms with Gasteiger partial charge in [0.05, 0.1) is 4.92 Å². The van der Waals surface area contributed by atoms with Crippen molar-refractivity contribution < 1.29 is 10.0 Å². The molecule has 1 fully saturated rings. The predicted molar refractivity (Wildman–Crippen MR) is 73.3 cm³/mol. The van der Waals surface area contributed by atoms with Gasteiger partial charge in [0.2, 0.25) is 0 Å². The van der Waals surface area contributed by atoms with Gasteiger partial charge in [-0.1, -0.05) is 15.9 Å². The van der Waals surface area contributed by atoms with E-state index in [0.717, 1.165) is 13.1 Å². The molecular formula is C10H13BrClN3O3. The highest BCUT2D eigenvalue weighted by atomic mass is 79.9. The third-order valence-corrected chi connectivity index (χ3v) is 3.15. The molecule has 0 aliphatic carbocycles. The van der Waals surface area contributed by atoms with E-state index >= 15 is 0 Å². The summed E-state index contributed by atoms with van der Waals surface area (Å²) in [4.78, 5) is 10.2. The van der Waals surface area contributed by atoms with Crippen molar-refractivity contribution in [3.05, 3.63) is 32.3 Å². The second kappa shape index (κ2) is 6.33. The third-order valence-electron chi connectivity index (χ3n) is 2.70. The molecule has 0 saturated carbocycles. The van der Waals surface area contributed by atoms with Gasteiger partial charge < -0.3 is 15.7 Å². The van der Waals surface area contributed by atoms with E-state index < -0.39 is 4.92 Å². The topological polar surface area (TPSA) is 87.4 Å². The zero-order valence-electron chi connectivity index (χ0n) is 9.35. The van der Waals surface area contributed by atoms with Gasteiger partial charge in [-0.15, -0.1) is 12.4 Å². The van der Waals surface area contributed by atoms with E-state index in [2.05, 4.69) is 26.6 Å². The fourth-order valence-corrected chi connectivity index (χ4v) is 2.35.